The molecule has 0 spiro atoms. The van der Waals surface area contributed by atoms with E-state index in [0.29, 0.717) is 0 Å². The van der Waals surface area contributed by atoms with E-state index in [1.807, 2.05) is 6.08 Å². The van der Waals surface area contributed by atoms with Gasteiger partial charge >= 0.3 is 5.97 Å². The van der Waals surface area contributed by atoms with E-state index in [0.717, 1.165) is 32.1 Å². The van der Waals surface area contributed by atoms with Gasteiger partial charge in [-0.2, -0.15) is 0 Å². The molecule has 0 unspecified atom stereocenters. The number of esters is 1. The molecule has 0 aliphatic heterocycles. The van der Waals surface area contributed by atoms with Gasteiger partial charge in [0.05, 0.1) is 7.11 Å². The van der Waals surface area contributed by atoms with Crippen molar-refractivity contribution in [3.63, 3.8) is 0 Å². The molecule has 0 aromatic heterocycles. The zero-order valence-electron chi connectivity index (χ0n) is 14.2. The van der Waals surface area contributed by atoms with Gasteiger partial charge < -0.3 is 4.74 Å². The number of rotatable bonds is 9. The van der Waals surface area contributed by atoms with Crippen LogP contribution in [0.1, 0.15) is 59.8 Å². The first-order chi connectivity index (χ1) is 9.95. The van der Waals surface area contributed by atoms with E-state index >= 15 is 0 Å². The number of methoxy groups -OCH3 is 1. The predicted molar refractivity (Wildman–Crippen MR) is 91.2 cm³/mol. The summed E-state index contributed by atoms with van der Waals surface area (Å²) in [6, 6.07) is 0. The van der Waals surface area contributed by atoms with Gasteiger partial charge in [0.2, 0.25) is 0 Å². The molecule has 0 amide bonds. The third-order valence-electron chi connectivity index (χ3n) is 3.18. The molecule has 0 N–H and O–H groups in total. The summed E-state index contributed by atoms with van der Waals surface area (Å²) >= 11 is 0. The fourth-order valence-corrected chi connectivity index (χ4v) is 1.84. The highest BCUT2D eigenvalue weighted by molar-refractivity contribution is 5.81. The van der Waals surface area contributed by atoms with Gasteiger partial charge in [-0.25, -0.2) is 4.79 Å². The summed E-state index contributed by atoms with van der Waals surface area (Å²) in [4.78, 5) is 10.9. The van der Waals surface area contributed by atoms with Crippen molar-refractivity contribution < 1.29 is 9.53 Å². The van der Waals surface area contributed by atoms with Crippen molar-refractivity contribution in [3.05, 3.63) is 47.1 Å². The minimum atomic E-state index is -0.295. The Morgan fingerprint density at radius 2 is 1.48 bits per heavy atom. The molecule has 21 heavy (non-hydrogen) atoms. The van der Waals surface area contributed by atoms with Crippen molar-refractivity contribution in [1.82, 2.24) is 0 Å². The molecule has 0 saturated heterocycles. The number of carbonyl (C=O) groups excluding carboxylic acids is 1. The molecule has 0 heterocycles. The molecule has 0 atom stereocenters. The van der Waals surface area contributed by atoms with Gasteiger partial charge in [0, 0.05) is 6.08 Å². The highest BCUT2D eigenvalue weighted by Crippen LogP contribution is 2.11. The van der Waals surface area contributed by atoms with Crippen molar-refractivity contribution in [2.24, 2.45) is 0 Å². The average molecular weight is 290 g/mol. The number of ether oxygens (including phenoxy) is 1. The van der Waals surface area contributed by atoms with E-state index in [-0.39, 0.29) is 5.97 Å². The summed E-state index contributed by atoms with van der Waals surface area (Å²) in [7, 11) is 1.39. The molecule has 0 aromatic carbocycles. The smallest absolute Gasteiger partial charge is 0.330 e. The summed E-state index contributed by atoms with van der Waals surface area (Å²) < 4.78 is 4.54. The second kappa shape index (κ2) is 12.2. The van der Waals surface area contributed by atoms with E-state index in [2.05, 4.69) is 50.7 Å². The SMILES string of the molecule is COC(=O)/C=C/C/C=C(\C)CC/C=C(\C)CCC=C(C)C. The Labute approximate surface area is 130 Å². The number of allylic oxidation sites excluding steroid dienone is 7. The molecule has 0 aliphatic rings. The maximum atomic E-state index is 10.9. The van der Waals surface area contributed by atoms with Crippen molar-refractivity contribution in [3.8, 4) is 0 Å². The summed E-state index contributed by atoms with van der Waals surface area (Å²) in [5.41, 5.74) is 4.21. The van der Waals surface area contributed by atoms with Crippen LogP contribution < -0.4 is 0 Å². The highest BCUT2D eigenvalue weighted by atomic mass is 16.5. The average Bonchev–Trinajstić information content (AvgIpc) is 2.42. The van der Waals surface area contributed by atoms with Crippen LogP contribution in [0.25, 0.3) is 0 Å². The van der Waals surface area contributed by atoms with Crippen LogP contribution in [0.15, 0.2) is 47.1 Å². The third kappa shape index (κ3) is 13.2. The Hall–Kier alpha value is -1.57. The van der Waals surface area contributed by atoms with Gasteiger partial charge in [0.25, 0.3) is 0 Å². The van der Waals surface area contributed by atoms with Crippen molar-refractivity contribution in [1.29, 1.82) is 0 Å². The van der Waals surface area contributed by atoms with Crippen molar-refractivity contribution >= 4 is 5.97 Å². The zero-order chi connectivity index (χ0) is 16.1. The molecule has 118 valence electrons. The minimum Gasteiger partial charge on any atom is -0.466 e. The summed E-state index contributed by atoms with van der Waals surface area (Å²) in [6.07, 6.45) is 15.3. The second-order valence-corrected chi connectivity index (χ2v) is 5.62. The maximum Gasteiger partial charge on any atom is 0.330 e. The number of hydrogen-bond donors (Lipinski definition) is 0. The van der Waals surface area contributed by atoms with Crippen LogP contribution >= 0.6 is 0 Å². The number of hydrogen-bond acceptors (Lipinski definition) is 2. The Morgan fingerprint density at radius 3 is 2.05 bits per heavy atom. The Balaban J connectivity index is 3.96. The summed E-state index contributed by atoms with van der Waals surface area (Å²) in [5, 5.41) is 0. The van der Waals surface area contributed by atoms with Gasteiger partial charge in [-0.05, 0) is 59.8 Å². The standard InChI is InChI=1S/C19H30O2/c1-16(2)10-8-12-18(4)14-9-13-17(3)11-6-7-15-19(20)21-5/h7,10-11,14-15H,6,8-9,12-13H2,1-5H3/b15-7+,17-11+,18-14+. The van der Waals surface area contributed by atoms with Crippen LogP contribution in [0.4, 0.5) is 0 Å². The fraction of sp³-hybridized carbons (Fsp3) is 0.526. The topological polar surface area (TPSA) is 26.3 Å². The molecule has 0 aromatic rings. The van der Waals surface area contributed by atoms with Crippen LogP contribution in [0.3, 0.4) is 0 Å². The van der Waals surface area contributed by atoms with Crippen LogP contribution in [0.2, 0.25) is 0 Å². The largest absolute Gasteiger partial charge is 0.466 e. The molecular formula is C19H30O2. The first kappa shape index (κ1) is 19.4. The predicted octanol–water partition coefficient (Wildman–Crippen LogP) is 5.52. The molecule has 0 fully saturated rings. The third-order valence-corrected chi connectivity index (χ3v) is 3.18. The quantitative estimate of drug-likeness (QED) is 0.317. The summed E-state index contributed by atoms with van der Waals surface area (Å²) in [6.45, 7) is 8.62. The maximum absolute atomic E-state index is 10.9. The lowest BCUT2D eigenvalue weighted by molar-refractivity contribution is -0.134. The van der Waals surface area contributed by atoms with E-state index in [1.165, 1.54) is 29.9 Å². The van der Waals surface area contributed by atoms with E-state index in [9.17, 15) is 4.79 Å². The molecule has 2 heteroatoms. The van der Waals surface area contributed by atoms with Gasteiger partial charge in [-0.1, -0.05) is 41.0 Å². The normalized spacial score (nSPS) is 12.6. The van der Waals surface area contributed by atoms with Crippen molar-refractivity contribution in [2.75, 3.05) is 7.11 Å². The highest BCUT2D eigenvalue weighted by Gasteiger charge is 1.92. The van der Waals surface area contributed by atoms with Crippen LogP contribution in [0, 0.1) is 0 Å². The minimum absolute atomic E-state index is 0.295. The van der Waals surface area contributed by atoms with Gasteiger partial charge in [0.15, 0.2) is 0 Å². The lowest BCUT2D eigenvalue weighted by atomic mass is 10.1. The zero-order valence-corrected chi connectivity index (χ0v) is 14.2. The molecule has 0 aliphatic carbocycles. The molecular weight excluding hydrogens is 260 g/mol. The molecule has 0 bridgehead atoms. The monoisotopic (exact) mass is 290 g/mol. The van der Waals surface area contributed by atoms with Crippen LogP contribution in [-0.4, -0.2) is 13.1 Å². The lowest BCUT2D eigenvalue weighted by Crippen LogP contribution is -1.93. The molecule has 0 saturated carbocycles. The Bertz CT molecular complexity index is 419. The van der Waals surface area contributed by atoms with Gasteiger partial charge in [-0.3, -0.25) is 0 Å². The fourth-order valence-electron chi connectivity index (χ4n) is 1.84. The van der Waals surface area contributed by atoms with Crippen LogP contribution in [0.5, 0.6) is 0 Å². The van der Waals surface area contributed by atoms with Crippen LogP contribution in [-0.2, 0) is 9.53 Å². The van der Waals surface area contributed by atoms with Crippen molar-refractivity contribution in [2.45, 2.75) is 59.8 Å². The number of carbonyl (C=O) groups is 1. The van der Waals surface area contributed by atoms with E-state index in [4.69, 9.17) is 0 Å². The van der Waals surface area contributed by atoms with E-state index < -0.39 is 0 Å². The Kier molecular flexibility index (Phi) is 11.3. The van der Waals surface area contributed by atoms with E-state index in [1.54, 1.807) is 0 Å². The Morgan fingerprint density at radius 1 is 0.905 bits per heavy atom. The second-order valence-electron chi connectivity index (χ2n) is 5.62. The molecule has 0 radical (unpaired) electrons. The van der Waals surface area contributed by atoms with Gasteiger partial charge in [-0.15, -0.1) is 0 Å². The summed E-state index contributed by atoms with van der Waals surface area (Å²) in [5.74, 6) is -0.295. The molecule has 2 nitrogen and oxygen atoms in total. The lowest BCUT2D eigenvalue weighted by Gasteiger charge is -2.01. The molecule has 0 rings (SSSR count). The van der Waals surface area contributed by atoms with Gasteiger partial charge in [0.1, 0.15) is 0 Å². The first-order valence-corrected chi connectivity index (χ1v) is 7.64. The first-order valence-electron chi connectivity index (χ1n) is 7.64.